The number of halogens is 1. The van der Waals surface area contributed by atoms with Crippen LogP contribution in [0.5, 0.6) is 0 Å². The summed E-state index contributed by atoms with van der Waals surface area (Å²) >= 11 is 3.33. The number of hydrogen-bond donors (Lipinski definition) is 0. The van der Waals surface area contributed by atoms with Crippen molar-refractivity contribution >= 4 is 48.5 Å². The molecule has 0 N–H and O–H groups in total. The minimum absolute atomic E-state index is 0.144. The van der Waals surface area contributed by atoms with Gasteiger partial charge in [0.2, 0.25) is 5.65 Å². The zero-order valence-electron chi connectivity index (χ0n) is 15.2. The molecule has 1 aliphatic heterocycles. The maximum atomic E-state index is 13.2. The molecule has 0 saturated carbocycles. The summed E-state index contributed by atoms with van der Waals surface area (Å²) in [5.41, 5.74) is 0.969. The molecule has 10 heteroatoms. The Morgan fingerprint density at radius 1 is 1.07 bits per heavy atom. The maximum Gasteiger partial charge on any atom is 0.317 e. The minimum Gasteiger partial charge on any atom is -0.604 e. The molecule has 2 aromatic carbocycles. The molecule has 0 radical (unpaired) electrons. The highest BCUT2D eigenvalue weighted by Gasteiger charge is 2.33. The molecule has 29 heavy (non-hydrogen) atoms. The second-order valence-corrected chi connectivity index (χ2v) is 9.42. The molecule has 4 aromatic rings. The van der Waals surface area contributed by atoms with Crippen LogP contribution in [0.3, 0.4) is 0 Å². The van der Waals surface area contributed by atoms with Crippen LogP contribution in [-0.4, -0.2) is 50.7 Å². The van der Waals surface area contributed by atoms with Gasteiger partial charge in [-0.1, -0.05) is 42.6 Å². The Bertz CT molecular complexity index is 1250. The summed E-state index contributed by atoms with van der Waals surface area (Å²) in [6.45, 7) is 2.57. The van der Waals surface area contributed by atoms with Gasteiger partial charge in [-0.05, 0) is 36.4 Å². The minimum atomic E-state index is -3.88. The molecule has 0 aliphatic carbocycles. The zero-order valence-corrected chi connectivity index (χ0v) is 17.6. The van der Waals surface area contributed by atoms with Gasteiger partial charge in [0.1, 0.15) is 16.0 Å². The predicted octanol–water partition coefficient (Wildman–Crippen LogP) is 2.92. The highest BCUT2D eigenvalue weighted by atomic mass is 79.9. The number of para-hydroxylation sites is 1. The van der Waals surface area contributed by atoms with Crippen molar-refractivity contribution < 1.29 is 13.5 Å². The van der Waals surface area contributed by atoms with Crippen molar-refractivity contribution in [2.24, 2.45) is 0 Å². The number of rotatable bonds is 3. The summed E-state index contributed by atoms with van der Waals surface area (Å²) in [4.78, 5) is 6.97. The van der Waals surface area contributed by atoms with Crippen LogP contribution in [-0.2, 0) is 19.2 Å². The molecule has 0 spiro atoms. The van der Waals surface area contributed by atoms with E-state index in [1.165, 1.54) is 16.6 Å². The van der Waals surface area contributed by atoms with Crippen molar-refractivity contribution in [2.45, 2.75) is 9.92 Å². The lowest BCUT2D eigenvalue weighted by atomic mass is 10.2. The van der Waals surface area contributed by atoms with Gasteiger partial charge < -0.3 is 14.2 Å². The van der Waals surface area contributed by atoms with E-state index in [0.717, 1.165) is 15.4 Å². The third-order valence-electron chi connectivity index (χ3n) is 4.89. The summed E-state index contributed by atoms with van der Waals surface area (Å²) in [5, 5.41) is 8.86. The highest BCUT2D eigenvalue weighted by molar-refractivity contribution is 9.10. The van der Waals surface area contributed by atoms with Gasteiger partial charge in [-0.15, -0.1) is 0 Å². The lowest BCUT2D eigenvalue weighted by Gasteiger charge is -2.28. The Hall–Kier alpha value is -2.40. The first-order chi connectivity index (χ1) is 14.1. The van der Waals surface area contributed by atoms with Crippen LogP contribution in [0.25, 0.3) is 16.6 Å². The van der Waals surface area contributed by atoms with Crippen LogP contribution in [0.2, 0.25) is 0 Å². The second kappa shape index (κ2) is 7.13. The molecule has 1 atom stereocenters. The molecule has 1 saturated heterocycles. The van der Waals surface area contributed by atoms with Crippen LogP contribution >= 0.6 is 15.9 Å². The normalized spacial score (nSPS) is 17.0. The number of aromatic nitrogens is 4. The van der Waals surface area contributed by atoms with Gasteiger partial charge in [0, 0.05) is 22.9 Å². The molecule has 2 aromatic heterocycles. The first kappa shape index (κ1) is 18.6. The Balaban J connectivity index is 1.75. The molecule has 1 fully saturated rings. The average molecular weight is 474 g/mol. The first-order valence-corrected chi connectivity index (χ1v) is 11.3. The van der Waals surface area contributed by atoms with Crippen LogP contribution < -0.4 is 4.90 Å². The molecular formula is C19H16BrN5O3S. The quantitative estimate of drug-likeness (QED) is 0.422. The van der Waals surface area contributed by atoms with Crippen molar-refractivity contribution in [3.05, 3.63) is 53.0 Å². The topological polar surface area (TPSA) is 95.7 Å². The lowest BCUT2D eigenvalue weighted by molar-refractivity contribution is 0.122. The van der Waals surface area contributed by atoms with E-state index in [0.29, 0.717) is 32.1 Å². The van der Waals surface area contributed by atoms with Crippen LogP contribution in [0.4, 0.5) is 5.82 Å². The number of benzene rings is 2. The SMILES string of the molecule is O=[S+]([O-])(c1ccc(Br)cc1)c1nnn2c1nc(N1CCOCC1)c1ccccc12. The summed E-state index contributed by atoms with van der Waals surface area (Å²) in [6, 6.07) is 14.1. The van der Waals surface area contributed by atoms with E-state index in [1.54, 1.807) is 12.1 Å². The monoisotopic (exact) mass is 473 g/mol. The second-order valence-electron chi connectivity index (χ2n) is 6.64. The van der Waals surface area contributed by atoms with Gasteiger partial charge in [-0.2, -0.15) is 4.52 Å². The summed E-state index contributed by atoms with van der Waals surface area (Å²) < 4.78 is 34.2. The summed E-state index contributed by atoms with van der Waals surface area (Å²) in [6.07, 6.45) is 0. The van der Waals surface area contributed by atoms with Crippen LogP contribution in [0.15, 0.2) is 62.9 Å². The Morgan fingerprint density at radius 3 is 2.55 bits per heavy atom. The van der Waals surface area contributed by atoms with Crippen LogP contribution in [0, 0.1) is 0 Å². The van der Waals surface area contributed by atoms with Crippen molar-refractivity contribution in [1.82, 2.24) is 19.8 Å². The maximum absolute atomic E-state index is 13.2. The highest BCUT2D eigenvalue weighted by Crippen LogP contribution is 2.32. The van der Waals surface area contributed by atoms with E-state index in [4.69, 9.17) is 9.72 Å². The largest absolute Gasteiger partial charge is 0.604 e. The fraction of sp³-hybridized carbons (Fsp3) is 0.211. The summed E-state index contributed by atoms with van der Waals surface area (Å²) in [5.74, 6) is 0.714. The zero-order chi connectivity index (χ0) is 20.0. The van der Waals surface area contributed by atoms with Gasteiger partial charge in [-0.3, -0.25) is 0 Å². The first-order valence-electron chi connectivity index (χ1n) is 9.03. The van der Waals surface area contributed by atoms with E-state index >= 15 is 0 Å². The van der Waals surface area contributed by atoms with E-state index in [2.05, 4.69) is 31.1 Å². The fourth-order valence-electron chi connectivity index (χ4n) is 3.44. The predicted molar refractivity (Wildman–Crippen MR) is 111 cm³/mol. The number of morpholine rings is 1. The van der Waals surface area contributed by atoms with E-state index in [-0.39, 0.29) is 15.6 Å². The third kappa shape index (κ3) is 3.12. The number of sulfone groups is 1. The van der Waals surface area contributed by atoms with Gasteiger partial charge in [-0.25, -0.2) is 4.98 Å². The van der Waals surface area contributed by atoms with Crippen LogP contribution in [0.1, 0.15) is 0 Å². The molecule has 148 valence electrons. The molecular weight excluding hydrogens is 458 g/mol. The average Bonchev–Trinajstić information content (AvgIpc) is 3.19. The molecule has 0 bridgehead atoms. The lowest BCUT2D eigenvalue weighted by Crippen LogP contribution is -2.37. The van der Waals surface area contributed by atoms with E-state index < -0.39 is 10.2 Å². The van der Waals surface area contributed by atoms with Gasteiger partial charge in [0.25, 0.3) is 0 Å². The number of anilines is 1. The standard InChI is InChI=1S/C19H16BrN5O3S/c20-13-5-7-14(8-6-13)29(26,27)19-18-21-17(24-9-11-28-12-10-24)15-3-1-2-4-16(15)25(18)23-22-19/h1-8H,9-12H2. The van der Waals surface area contributed by atoms with Gasteiger partial charge >= 0.3 is 5.03 Å². The number of fused-ring (bicyclic) bond motifs is 3. The third-order valence-corrected chi connectivity index (χ3v) is 7.09. The van der Waals surface area contributed by atoms with E-state index in [9.17, 15) is 8.76 Å². The number of hydrogen-bond acceptors (Lipinski definition) is 7. The molecule has 5 rings (SSSR count). The number of nitrogens with zero attached hydrogens (tertiary/aromatic N) is 5. The summed E-state index contributed by atoms with van der Waals surface area (Å²) in [7, 11) is -3.88. The molecule has 0 amide bonds. The molecule has 1 unspecified atom stereocenters. The molecule has 8 nitrogen and oxygen atoms in total. The van der Waals surface area contributed by atoms with Gasteiger partial charge in [0.15, 0.2) is 4.90 Å². The van der Waals surface area contributed by atoms with Crippen molar-refractivity contribution in [3.63, 3.8) is 0 Å². The smallest absolute Gasteiger partial charge is 0.317 e. The van der Waals surface area contributed by atoms with Crippen molar-refractivity contribution in [3.8, 4) is 0 Å². The Kier molecular flexibility index (Phi) is 4.58. The Morgan fingerprint density at radius 2 is 1.79 bits per heavy atom. The van der Waals surface area contributed by atoms with E-state index in [1.807, 2.05) is 24.3 Å². The van der Waals surface area contributed by atoms with Crippen molar-refractivity contribution in [2.75, 3.05) is 31.2 Å². The van der Waals surface area contributed by atoms with Crippen molar-refractivity contribution in [1.29, 1.82) is 0 Å². The van der Waals surface area contributed by atoms with Gasteiger partial charge in [0.05, 0.1) is 18.7 Å². The molecule has 3 heterocycles. The Labute approximate surface area is 175 Å². The molecule has 1 aliphatic rings. The number of ether oxygens (including phenoxy) is 1. The fourth-order valence-corrected chi connectivity index (χ4v) is 4.94.